The molecule has 2 aromatic carbocycles. The lowest BCUT2D eigenvalue weighted by Gasteiger charge is -2.07. The Morgan fingerprint density at radius 1 is 0.810 bits per heavy atom. The third kappa shape index (κ3) is 2.40. The summed E-state index contributed by atoms with van der Waals surface area (Å²) in [6.45, 7) is 0. The molecule has 3 rings (SSSR count). The van der Waals surface area contributed by atoms with Gasteiger partial charge >= 0.3 is 0 Å². The van der Waals surface area contributed by atoms with Crippen LogP contribution in [0, 0.1) is 0 Å². The predicted octanol–water partition coefficient (Wildman–Crippen LogP) is 3.86. The number of methoxy groups -OCH3 is 3. The molecule has 1 heterocycles. The number of H-pyrrole nitrogens is 1. The molecule has 0 bridgehead atoms. The Hall–Kier alpha value is -2.62. The molecule has 0 saturated carbocycles. The van der Waals surface area contributed by atoms with Crippen molar-refractivity contribution >= 4 is 10.9 Å². The molecule has 1 N–H and O–H groups in total. The standard InChI is InChI=1S/C17H17NO3/c1-19-12-7-11(8-13(9-12)20-2)16-10-14-15(18-16)5-4-6-17(14)21-3/h4-10,18H,1-3H3. The summed E-state index contributed by atoms with van der Waals surface area (Å²) in [5, 5.41) is 1.05. The topological polar surface area (TPSA) is 43.5 Å². The first-order valence-electron chi connectivity index (χ1n) is 6.64. The summed E-state index contributed by atoms with van der Waals surface area (Å²) < 4.78 is 16.0. The van der Waals surface area contributed by atoms with Gasteiger partial charge in [-0.05, 0) is 30.3 Å². The van der Waals surface area contributed by atoms with Crippen LogP contribution in [0.5, 0.6) is 17.2 Å². The van der Waals surface area contributed by atoms with Crippen molar-refractivity contribution in [2.24, 2.45) is 0 Å². The number of hydrogen-bond acceptors (Lipinski definition) is 3. The first-order chi connectivity index (χ1) is 10.2. The summed E-state index contributed by atoms with van der Waals surface area (Å²) in [5.74, 6) is 2.37. The Labute approximate surface area is 123 Å². The molecule has 1 aromatic heterocycles. The first kappa shape index (κ1) is 13.4. The van der Waals surface area contributed by atoms with Crippen molar-refractivity contribution < 1.29 is 14.2 Å². The molecular weight excluding hydrogens is 266 g/mol. The molecule has 108 valence electrons. The molecule has 0 aliphatic rings. The van der Waals surface area contributed by atoms with Crippen LogP contribution in [0.3, 0.4) is 0 Å². The maximum Gasteiger partial charge on any atom is 0.128 e. The lowest BCUT2D eigenvalue weighted by Crippen LogP contribution is -1.88. The zero-order chi connectivity index (χ0) is 14.8. The lowest BCUT2D eigenvalue weighted by molar-refractivity contribution is 0.394. The van der Waals surface area contributed by atoms with Crippen LogP contribution in [0.15, 0.2) is 42.5 Å². The van der Waals surface area contributed by atoms with Gasteiger partial charge in [0, 0.05) is 28.2 Å². The van der Waals surface area contributed by atoms with Crippen molar-refractivity contribution in [1.29, 1.82) is 0 Å². The minimum Gasteiger partial charge on any atom is -0.497 e. The molecule has 0 atom stereocenters. The fourth-order valence-corrected chi connectivity index (χ4v) is 2.42. The highest BCUT2D eigenvalue weighted by Crippen LogP contribution is 2.33. The quantitative estimate of drug-likeness (QED) is 0.790. The summed E-state index contributed by atoms with van der Waals surface area (Å²) in [4.78, 5) is 3.40. The van der Waals surface area contributed by atoms with E-state index < -0.39 is 0 Å². The Morgan fingerprint density at radius 2 is 1.52 bits per heavy atom. The van der Waals surface area contributed by atoms with Gasteiger partial charge in [0.1, 0.15) is 17.2 Å². The van der Waals surface area contributed by atoms with Gasteiger partial charge in [-0.3, -0.25) is 0 Å². The van der Waals surface area contributed by atoms with Crippen LogP contribution in [0.4, 0.5) is 0 Å². The van der Waals surface area contributed by atoms with Crippen LogP contribution in [-0.4, -0.2) is 26.3 Å². The molecule has 0 aliphatic heterocycles. The summed E-state index contributed by atoms with van der Waals surface area (Å²) in [5.41, 5.74) is 3.03. The average molecular weight is 283 g/mol. The molecule has 0 spiro atoms. The summed E-state index contributed by atoms with van der Waals surface area (Å²) in [6, 6.07) is 13.8. The number of hydrogen-bond donors (Lipinski definition) is 1. The van der Waals surface area contributed by atoms with Crippen LogP contribution in [0.1, 0.15) is 0 Å². The molecule has 0 amide bonds. The van der Waals surface area contributed by atoms with E-state index in [1.54, 1.807) is 21.3 Å². The monoisotopic (exact) mass is 283 g/mol. The Bertz CT molecular complexity index is 755. The molecule has 0 saturated heterocycles. The Balaban J connectivity index is 2.16. The molecule has 0 aliphatic carbocycles. The van der Waals surface area contributed by atoms with Crippen molar-refractivity contribution in [1.82, 2.24) is 4.98 Å². The van der Waals surface area contributed by atoms with E-state index in [0.29, 0.717) is 0 Å². The second-order valence-corrected chi connectivity index (χ2v) is 4.71. The minimum absolute atomic E-state index is 0.759. The highest BCUT2D eigenvalue weighted by Gasteiger charge is 2.09. The second-order valence-electron chi connectivity index (χ2n) is 4.71. The van der Waals surface area contributed by atoms with Gasteiger partial charge in [0.25, 0.3) is 0 Å². The van der Waals surface area contributed by atoms with Crippen molar-refractivity contribution in [3.8, 4) is 28.5 Å². The fraction of sp³-hybridized carbons (Fsp3) is 0.176. The molecule has 0 fully saturated rings. The van der Waals surface area contributed by atoms with Crippen LogP contribution < -0.4 is 14.2 Å². The Kier molecular flexibility index (Phi) is 3.44. The molecule has 0 unspecified atom stereocenters. The van der Waals surface area contributed by atoms with E-state index in [9.17, 15) is 0 Å². The summed E-state index contributed by atoms with van der Waals surface area (Å²) in [7, 11) is 4.97. The van der Waals surface area contributed by atoms with Crippen molar-refractivity contribution in [3.05, 3.63) is 42.5 Å². The molecule has 4 nitrogen and oxygen atoms in total. The lowest BCUT2D eigenvalue weighted by atomic mass is 10.1. The molecule has 0 radical (unpaired) electrons. The van der Waals surface area contributed by atoms with Gasteiger partial charge in [0.05, 0.1) is 21.3 Å². The van der Waals surface area contributed by atoms with Crippen LogP contribution in [0.2, 0.25) is 0 Å². The van der Waals surface area contributed by atoms with E-state index in [1.165, 1.54) is 0 Å². The SMILES string of the molecule is COc1cc(OC)cc(-c2cc3c(OC)cccc3[nH]2)c1. The van der Waals surface area contributed by atoms with E-state index in [2.05, 4.69) is 11.1 Å². The predicted molar refractivity (Wildman–Crippen MR) is 83.4 cm³/mol. The average Bonchev–Trinajstić information content (AvgIpc) is 2.98. The van der Waals surface area contributed by atoms with Gasteiger partial charge in [0.15, 0.2) is 0 Å². The third-order valence-corrected chi connectivity index (χ3v) is 3.51. The maximum atomic E-state index is 5.40. The number of benzene rings is 2. The summed E-state index contributed by atoms with van der Waals surface area (Å²) >= 11 is 0. The van der Waals surface area contributed by atoms with E-state index in [0.717, 1.165) is 39.4 Å². The normalized spacial score (nSPS) is 10.6. The third-order valence-electron chi connectivity index (χ3n) is 3.51. The van der Waals surface area contributed by atoms with E-state index in [-0.39, 0.29) is 0 Å². The van der Waals surface area contributed by atoms with Crippen LogP contribution in [-0.2, 0) is 0 Å². The highest BCUT2D eigenvalue weighted by atomic mass is 16.5. The Morgan fingerprint density at radius 3 is 2.14 bits per heavy atom. The van der Waals surface area contributed by atoms with Gasteiger partial charge < -0.3 is 19.2 Å². The largest absolute Gasteiger partial charge is 0.497 e. The van der Waals surface area contributed by atoms with Crippen molar-refractivity contribution in [3.63, 3.8) is 0 Å². The zero-order valence-electron chi connectivity index (χ0n) is 12.3. The van der Waals surface area contributed by atoms with Gasteiger partial charge in [0.2, 0.25) is 0 Å². The van der Waals surface area contributed by atoms with Crippen molar-refractivity contribution in [2.75, 3.05) is 21.3 Å². The molecular formula is C17H17NO3. The zero-order valence-corrected chi connectivity index (χ0v) is 12.3. The fourth-order valence-electron chi connectivity index (χ4n) is 2.42. The second kappa shape index (κ2) is 5.40. The minimum atomic E-state index is 0.759. The number of ether oxygens (including phenoxy) is 3. The first-order valence-corrected chi connectivity index (χ1v) is 6.64. The maximum absolute atomic E-state index is 5.40. The van der Waals surface area contributed by atoms with E-state index in [1.807, 2.05) is 36.4 Å². The smallest absolute Gasteiger partial charge is 0.128 e. The number of aromatic amines is 1. The number of rotatable bonds is 4. The summed E-state index contributed by atoms with van der Waals surface area (Å²) in [6.07, 6.45) is 0. The van der Waals surface area contributed by atoms with E-state index in [4.69, 9.17) is 14.2 Å². The van der Waals surface area contributed by atoms with E-state index >= 15 is 0 Å². The van der Waals surface area contributed by atoms with Gasteiger partial charge in [-0.1, -0.05) is 6.07 Å². The van der Waals surface area contributed by atoms with Gasteiger partial charge in [-0.2, -0.15) is 0 Å². The number of aromatic nitrogens is 1. The van der Waals surface area contributed by atoms with Crippen LogP contribution in [0.25, 0.3) is 22.2 Å². The van der Waals surface area contributed by atoms with Crippen molar-refractivity contribution in [2.45, 2.75) is 0 Å². The van der Waals surface area contributed by atoms with Gasteiger partial charge in [-0.25, -0.2) is 0 Å². The number of nitrogens with one attached hydrogen (secondary N) is 1. The molecule has 3 aromatic rings. The van der Waals surface area contributed by atoms with Crippen LogP contribution >= 0.6 is 0 Å². The van der Waals surface area contributed by atoms with Gasteiger partial charge in [-0.15, -0.1) is 0 Å². The molecule has 21 heavy (non-hydrogen) atoms. The molecule has 4 heteroatoms. The highest BCUT2D eigenvalue weighted by molar-refractivity contribution is 5.91. The number of fused-ring (bicyclic) bond motifs is 1.